The van der Waals surface area contributed by atoms with Crippen LogP contribution in [0.4, 0.5) is 0 Å². The number of hydrogen-bond acceptors (Lipinski definition) is 2. The van der Waals surface area contributed by atoms with Crippen LogP contribution in [0.15, 0.2) is 12.7 Å². The summed E-state index contributed by atoms with van der Waals surface area (Å²) in [6.45, 7) is 8.13. The van der Waals surface area contributed by atoms with E-state index in [0.717, 1.165) is 25.8 Å². The summed E-state index contributed by atoms with van der Waals surface area (Å²) in [5.74, 6) is 0.498. The summed E-state index contributed by atoms with van der Waals surface area (Å²) in [5.41, 5.74) is -0.450. The Kier molecular flexibility index (Phi) is 3.17. The molecule has 2 heteroatoms. The van der Waals surface area contributed by atoms with Gasteiger partial charge in [-0.2, -0.15) is 0 Å². The van der Waals surface area contributed by atoms with Gasteiger partial charge in [0.25, 0.3) is 0 Å². The number of hydrogen-bond donors (Lipinski definition) is 1. The van der Waals surface area contributed by atoms with Gasteiger partial charge in [0, 0.05) is 12.6 Å². The van der Waals surface area contributed by atoms with E-state index in [1.807, 2.05) is 0 Å². The van der Waals surface area contributed by atoms with Gasteiger partial charge in [-0.1, -0.05) is 19.4 Å². The van der Waals surface area contributed by atoms with Crippen molar-refractivity contribution in [2.75, 3.05) is 13.1 Å². The average Bonchev–Trinajstić information content (AvgIpc) is 2.63. The van der Waals surface area contributed by atoms with Crippen LogP contribution in [0.1, 0.15) is 39.0 Å². The predicted molar refractivity (Wildman–Crippen MR) is 62.8 cm³/mol. The fourth-order valence-electron chi connectivity index (χ4n) is 3.44. The number of piperidine rings is 1. The molecule has 1 N–H and O–H groups in total. The van der Waals surface area contributed by atoms with Crippen molar-refractivity contribution >= 4 is 0 Å². The molecule has 0 radical (unpaired) electrons. The van der Waals surface area contributed by atoms with Crippen LogP contribution in [0.25, 0.3) is 0 Å². The smallest absolute Gasteiger partial charge is 0.0780 e. The molecular formula is C13H23NO. The van der Waals surface area contributed by atoms with Gasteiger partial charge >= 0.3 is 0 Å². The zero-order chi connectivity index (χ0) is 10.9. The second kappa shape index (κ2) is 4.26. The molecule has 0 spiro atoms. The van der Waals surface area contributed by atoms with Crippen molar-refractivity contribution < 1.29 is 5.11 Å². The van der Waals surface area contributed by atoms with Crippen molar-refractivity contribution in [1.82, 2.24) is 4.90 Å². The molecule has 86 valence electrons. The maximum absolute atomic E-state index is 10.5. The monoisotopic (exact) mass is 209 g/mol. The third-order valence-corrected chi connectivity index (χ3v) is 4.04. The highest BCUT2D eigenvalue weighted by Crippen LogP contribution is 2.38. The minimum absolute atomic E-state index is 0.450. The molecule has 0 aromatic heterocycles. The summed E-state index contributed by atoms with van der Waals surface area (Å²) in [4.78, 5) is 2.48. The molecule has 2 aliphatic heterocycles. The normalized spacial score (nSPS) is 41.5. The average molecular weight is 209 g/mol. The number of nitrogens with zero attached hydrogens (tertiary/aromatic N) is 1. The van der Waals surface area contributed by atoms with Crippen LogP contribution in [-0.4, -0.2) is 34.7 Å². The molecule has 2 saturated heterocycles. The van der Waals surface area contributed by atoms with E-state index >= 15 is 0 Å². The molecule has 2 heterocycles. The molecule has 2 nitrogen and oxygen atoms in total. The third kappa shape index (κ3) is 2.11. The number of rotatable bonds is 3. The molecule has 0 saturated carbocycles. The summed E-state index contributed by atoms with van der Waals surface area (Å²) in [7, 11) is 0. The van der Waals surface area contributed by atoms with E-state index in [1.54, 1.807) is 0 Å². The standard InChI is InChI=1S/C13H23NO/c1-3-7-13(15)9-11(4-2)12-6-5-8-14(12)10-13/h4,11-12,15H,2-3,5-10H2,1H3. The van der Waals surface area contributed by atoms with E-state index in [-0.39, 0.29) is 0 Å². The first-order valence-corrected chi connectivity index (χ1v) is 6.27. The van der Waals surface area contributed by atoms with Gasteiger partial charge in [-0.05, 0) is 38.1 Å². The van der Waals surface area contributed by atoms with Crippen molar-refractivity contribution in [3.8, 4) is 0 Å². The van der Waals surface area contributed by atoms with Gasteiger partial charge in [0.05, 0.1) is 5.60 Å². The maximum Gasteiger partial charge on any atom is 0.0780 e. The van der Waals surface area contributed by atoms with Crippen molar-refractivity contribution in [2.24, 2.45) is 5.92 Å². The zero-order valence-electron chi connectivity index (χ0n) is 9.78. The Morgan fingerprint density at radius 1 is 1.60 bits per heavy atom. The van der Waals surface area contributed by atoms with Gasteiger partial charge in [-0.25, -0.2) is 0 Å². The summed E-state index contributed by atoms with van der Waals surface area (Å²) in [6.07, 6.45) is 7.56. The molecule has 0 amide bonds. The van der Waals surface area contributed by atoms with Crippen LogP contribution >= 0.6 is 0 Å². The molecule has 0 aromatic carbocycles. The SMILES string of the molecule is C=CC1CC(O)(CCC)CN2CCCC12. The lowest BCUT2D eigenvalue weighted by molar-refractivity contribution is -0.0625. The van der Waals surface area contributed by atoms with E-state index in [2.05, 4.69) is 24.5 Å². The lowest BCUT2D eigenvalue weighted by Gasteiger charge is -2.45. The van der Waals surface area contributed by atoms with Gasteiger partial charge < -0.3 is 5.11 Å². The van der Waals surface area contributed by atoms with E-state index in [1.165, 1.54) is 19.4 Å². The second-order valence-corrected chi connectivity index (χ2v) is 5.26. The molecule has 2 rings (SSSR count). The van der Waals surface area contributed by atoms with Gasteiger partial charge in [0.1, 0.15) is 0 Å². The van der Waals surface area contributed by atoms with E-state index in [0.29, 0.717) is 12.0 Å². The van der Waals surface area contributed by atoms with Crippen LogP contribution in [0, 0.1) is 5.92 Å². The Morgan fingerprint density at radius 3 is 3.07 bits per heavy atom. The topological polar surface area (TPSA) is 23.5 Å². The van der Waals surface area contributed by atoms with E-state index in [9.17, 15) is 5.11 Å². The molecule has 2 fully saturated rings. The number of aliphatic hydroxyl groups is 1. The van der Waals surface area contributed by atoms with Gasteiger partial charge in [-0.3, -0.25) is 4.90 Å². The highest BCUT2D eigenvalue weighted by molar-refractivity contribution is 5.03. The highest BCUT2D eigenvalue weighted by atomic mass is 16.3. The van der Waals surface area contributed by atoms with Gasteiger partial charge in [0.15, 0.2) is 0 Å². The van der Waals surface area contributed by atoms with Crippen LogP contribution < -0.4 is 0 Å². The quantitative estimate of drug-likeness (QED) is 0.720. The minimum Gasteiger partial charge on any atom is -0.389 e. The zero-order valence-corrected chi connectivity index (χ0v) is 9.78. The minimum atomic E-state index is -0.450. The van der Waals surface area contributed by atoms with Crippen molar-refractivity contribution in [1.29, 1.82) is 0 Å². The van der Waals surface area contributed by atoms with E-state index in [4.69, 9.17) is 0 Å². The summed E-state index contributed by atoms with van der Waals surface area (Å²) in [6, 6.07) is 0.666. The Morgan fingerprint density at radius 2 is 2.40 bits per heavy atom. The predicted octanol–water partition coefficient (Wildman–Crippen LogP) is 2.19. The summed E-state index contributed by atoms with van der Waals surface area (Å²) >= 11 is 0. The molecule has 3 unspecified atom stereocenters. The van der Waals surface area contributed by atoms with Crippen LogP contribution in [-0.2, 0) is 0 Å². The van der Waals surface area contributed by atoms with Crippen molar-refractivity contribution in [3.05, 3.63) is 12.7 Å². The van der Waals surface area contributed by atoms with Gasteiger partial charge in [0.2, 0.25) is 0 Å². The molecular weight excluding hydrogens is 186 g/mol. The fourth-order valence-corrected chi connectivity index (χ4v) is 3.44. The third-order valence-electron chi connectivity index (χ3n) is 4.04. The lowest BCUT2D eigenvalue weighted by atomic mass is 9.78. The Bertz CT molecular complexity index is 241. The maximum atomic E-state index is 10.5. The Hall–Kier alpha value is -0.340. The highest BCUT2D eigenvalue weighted by Gasteiger charge is 2.43. The molecule has 0 aliphatic carbocycles. The van der Waals surface area contributed by atoms with E-state index < -0.39 is 5.60 Å². The first-order chi connectivity index (χ1) is 7.18. The number of fused-ring (bicyclic) bond motifs is 1. The van der Waals surface area contributed by atoms with Crippen molar-refractivity contribution in [2.45, 2.75) is 50.7 Å². The first kappa shape index (κ1) is 11.2. The van der Waals surface area contributed by atoms with Crippen LogP contribution in [0.3, 0.4) is 0 Å². The van der Waals surface area contributed by atoms with Gasteiger partial charge in [-0.15, -0.1) is 6.58 Å². The second-order valence-electron chi connectivity index (χ2n) is 5.26. The lowest BCUT2D eigenvalue weighted by Crippen LogP contribution is -2.54. The summed E-state index contributed by atoms with van der Waals surface area (Å²) < 4.78 is 0. The molecule has 2 aliphatic rings. The van der Waals surface area contributed by atoms with Crippen LogP contribution in [0.2, 0.25) is 0 Å². The first-order valence-electron chi connectivity index (χ1n) is 6.27. The fraction of sp³-hybridized carbons (Fsp3) is 0.846. The Balaban J connectivity index is 2.10. The Labute approximate surface area is 93.0 Å². The van der Waals surface area contributed by atoms with Crippen LogP contribution in [0.5, 0.6) is 0 Å². The molecule has 15 heavy (non-hydrogen) atoms. The molecule has 3 atom stereocenters. The molecule has 0 aromatic rings. The van der Waals surface area contributed by atoms with Crippen molar-refractivity contribution in [3.63, 3.8) is 0 Å². The summed E-state index contributed by atoms with van der Waals surface area (Å²) in [5, 5.41) is 10.5. The largest absolute Gasteiger partial charge is 0.389 e. The molecule has 0 bridgehead atoms.